The van der Waals surface area contributed by atoms with E-state index in [1.54, 1.807) is 0 Å². The Morgan fingerprint density at radius 1 is 0.864 bits per heavy atom. The molecule has 0 bridgehead atoms. The summed E-state index contributed by atoms with van der Waals surface area (Å²) in [5.41, 5.74) is 7.27. The van der Waals surface area contributed by atoms with E-state index in [0.717, 1.165) is 12.1 Å². The van der Waals surface area contributed by atoms with Gasteiger partial charge < -0.3 is 11.5 Å². The lowest BCUT2D eigenvalue weighted by Crippen LogP contribution is -2.19. The van der Waals surface area contributed by atoms with Gasteiger partial charge in [-0.2, -0.15) is 26.3 Å². The number of alkyl halides is 6. The van der Waals surface area contributed by atoms with E-state index >= 15 is 0 Å². The Bertz CT molecular complexity index is 652. The third-order valence-corrected chi connectivity index (χ3v) is 3.30. The molecule has 0 amide bonds. The van der Waals surface area contributed by atoms with Gasteiger partial charge in [0, 0.05) is 11.4 Å². The number of halogens is 6. The summed E-state index contributed by atoms with van der Waals surface area (Å²) in [6, 6.07) is 2.75. The summed E-state index contributed by atoms with van der Waals surface area (Å²) in [4.78, 5) is 0. The lowest BCUT2D eigenvalue weighted by Gasteiger charge is -2.23. The zero-order valence-corrected chi connectivity index (χ0v) is 11.1. The van der Waals surface area contributed by atoms with Gasteiger partial charge in [0.05, 0.1) is 11.1 Å². The third-order valence-electron chi connectivity index (χ3n) is 3.30. The zero-order valence-electron chi connectivity index (χ0n) is 11.1. The highest BCUT2D eigenvalue weighted by Crippen LogP contribution is 2.43. The van der Waals surface area contributed by atoms with E-state index in [4.69, 9.17) is 11.5 Å². The van der Waals surface area contributed by atoms with Crippen molar-refractivity contribution in [1.29, 1.82) is 0 Å². The van der Waals surface area contributed by atoms with Crippen LogP contribution in [0.15, 0.2) is 35.5 Å². The van der Waals surface area contributed by atoms with Crippen molar-refractivity contribution in [1.82, 2.24) is 0 Å². The predicted octanol–water partition coefficient (Wildman–Crippen LogP) is 4.24. The smallest absolute Gasteiger partial charge is 0.402 e. The van der Waals surface area contributed by atoms with E-state index < -0.39 is 34.6 Å². The molecule has 0 atom stereocenters. The van der Waals surface area contributed by atoms with Gasteiger partial charge in [0.2, 0.25) is 0 Å². The molecule has 0 unspecified atom stereocenters. The summed E-state index contributed by atoms with van der Waals surface area (Å²) in [7, 11) is 0. The highest BCUT2D eigenvalue weighted by atomic mass is 19.4. The number of hydrogen-bond acceptors (Lipinski definition) is 2. The third kappa shape index (κ3) is 3.20. The molecule has 0 radical (unpaired) electrons. The minimum absolute atomic E-state index is 0.0138. The largest absolute Gasteiger partial charge is 0.417 e. The van der Waals surface area contributed by atoms with Crippen molar-refractivity contribution in [3.05, 3.63) is 46.7 Å². The highest BCUT2D eigenvalue weighted by Gasteiger charge is 2.40. The molecular weight excluding hydrogens is 310 g/mol. The molecule has 2 nitrogen and oxygen atoms in total. The molecule has 1 aliphatic rings. The summed E-state index contributed by atoms with van der Waals surface area (Å²) in [6.45, 7) is 0. The van der Waals surface area contributed by atoms with Crippen molar-refractivity contribution in [2.75, 3.05) is 5.73 Å². The average molecular weight is 322 g/mol. The fraction of sp³-hybridized carbons (Fsp3) is 0.286. The first-order valence-electron chi connectivity index (χ1n) is 6.23. The Morgan fingerprint density at radius 3 is 2.05 bits per heavy atom. The quantitative estimate of drug-likeness (QED) is 0.600. The molecule has 120 valence electrons. The van der Waals surface area contributed by atoms with Crippen LogP contribution in [0, 0.1) is 0 Å². The molecule has 2 rings (SSSR count). The first-order chi connectivity index (χ1) is 10.00. The maximum atomic E-state index is 13.1. The van der Waals surface area contributed by atoms with Crippen LogP contribution in [0.1, 0.15) is 24.0 Å². The van der Waals surface area contributed by atoms with Crippen LogP contribution in [0.3, 0.4) is 0 Å². The van der Waals surface area contributed by atoms with Crippen molar-refractivity contribution in [2.24, 2.45) is 5.73 Å². The maximum Gasteiger partial charge on any atom is 0.417 e. The molecule has 1 aromatic rings. The second-order valence-corrected chi connectivity index (χ2v) is 4.91. The van der Waals surface area contributed by atoms with Crippen LogP contribution in [0.4, 0.5) is 32.0 Å². The number of anilines is 1. The van der Waals surface area contributed by atoms with E-state index in [1.807, 2.05) is 0 Å². The van der Waals surface area contributed by atoms with Gasteiger partial charge in [0.1, 0.15) is 0 Å². The maximum absolute atomic E-state index is 13.1. The first kappa shape index (κ1) is 16.3. The van der Waals surface area contributed by atoms with E-state index in [1.165, 1.54) is 0 Å². The molecule has 0 heterocycles. The van der Waals surface area contributed by atoms with Crippen LogP contribution in [0.2, 0.25) is 0 Å². The van der Waals surface area contributed by atoms with E-state index in [-0.39, 0.29) is 24.2 Å². The fourth-order valence-corrected chi connectivity index (χ4v) is 2.34. The monoisotopic (exact) mass is 322 g/mol. The Balaban J connectivity index is 2.74. The molecular formula is C14H12F6N2. The van der Waals surface area contributed by atoms with Crippen LogP contribution in [-0.4, -0.2) is 6.18 Å². The lowest BCUT2D eigenvalue weighted by atomic mass is 9.87. The topological polar surface area (TPSA) is 52.0 Å². The minimum Gasteiger partial charge on any atom is -0.402 e. The number of benzene rings is 1. The van der Waals surface area contributed by atoms with Gasteiger partial charge >= 0.3 is 12.4 Å². The van der Waals surface area contributed by atoms with E-state index in [9.17, 15) is 26.3 Å². The Morgan fingerprint density at radius 2 is 1.50 bits per heavy atom. The molecule has 0 aromatic heterocycles. The van der Waals surface area contributed by atoms with Gasteiger partial charge in [-0.15, -0.1) is 0 Å². The lowest BCUT2D eigenvalue weighted by molar-refractivity contribution is -0.137. The van der Waals surface area contributed by atoms with Crippen molar-refractivity contribution >= 4 is 11.3 Å². The summed E-state index contributed by atoms with van der Waals surface area (Å²) in [6.07, 6.45) is -9.05. The van der Waals surface area contributed by atoms with Gasteiger partial charge in [0.25, 0.3) is 0 Å². The van der Waals surface area contributed by atoms with Crippen molar-refractivity contribution in [3.8, 4) is 0 Å². The van der Waals surface area contributed by atoms with Gasteiger partial charge in [-0.25, -0.2) is 0 Å². The normalized spacial score (nSPS) is 16.7. The Hall–Kier alpha value is -2.12. The molecule has 0 fully saturated rings. The van der Waals surface area contributed by atoms with Gasteiger partial charge in [-0.3, -0.25) is 0 Å². The number of rotatable bonds is 1. The van der Waals surface area contributed by atoms with Crippen molar-refractivity contribution in [2.45, 2.75) is 25.2 Å². The van der Waals surface area contributed by atoms with Crippen LogP contribution >= 0.6 is 0 Å². The molecule has 1 aromatic carbocycles. The predicted molar refractivity (Wildman–Crippen MR) is 70.3 cm³/mol. The van der Waals surface area contributed by atoms with Gasteiger partial charge in [-0.1, -0.05) is 6.07 Å². The van der Waals surface area contributed by atoms with Crippen LogP contribution in [0.25, 0.3) is 5.57 Å². The summed E-state index contributed by atoms with van der Waals surface area (Å²) in [5, 5.41) is 0. The van der Waals surface area contributed by atoms with Crippen molar-refractivity contribution < 1.29 is 26.3 Å². The second kappa shape index (κ2) is 5.26. The van der Waals surface area contributed by atoms with Crippen molar-refractivity contribution in [3.63, 3.8) is 0 Å². The zero-order chi connectivity index (χ0) is 16.7. The molecule has 0 spiro atoms. The highest BCUT2D eigenvalue weighted by molar-refractivity contribution is 5.77. The van der Waals surface area contributed by atoms with E-state index in [2.05, 4.69) is 0 Å². The molecule has 8 heteroatoms. The Kier molecular flexibility index (Phi) is 3.88. The minimum atomic E-state index is -4.80. The molecule has 0 saturated heterocycles. The fourth-order valence-electron chi connectivity index (χ4n) is 2.34. The molecule has 4 N–H and O–H groups in total. The number of nitrogen functional groups attached to an aromatic ring is 1. The molecule has 22 heavy (non-hydrogen) atoms. The molecule has 0 aliphatic heterocycles. The number of nitrogens with two attached hydrogens (primary N) is 2. The summed E-state index contributed by atoms with van der Waals surface area (Å²) in [5.74, 6) is 0. The number of hydrogen-bond donors (Lipinski definition) is 2. The Labute approximate surface area is 122 Å². The number of allylic oxidation sites excluding steroid dienone is 4. The van der Waals surface area contributed by atoms with Gasteiger partial charge in [0.15, 0.2) is 0 Å². The molecule has 0 saturated carbocycles. The first-order valence-corrected chi connectivity index (χ1v) is 6.23. The van der Waals surface area contributed by atoms with E-state index in [0.29, 0.717) is 12.1 Å². The summed E-state index contributed by atoms with van der Waals surface area (Å²) < 4.78 is 78.5. The van der Waals surface area contributed by atoms with Crippen LogP contribution < -0.4 is 11.5 Å². The van der Waals surface area contributed by atoms with Crippen LogP contribution in [-0.2, 0) is 6.18 Å². The van der Waals surface area contributed by atoms with Crippen LogP contribution in [0.5, 0.6) is 0 Å². The summed E-state index contributed by atoms with van der Waals surface area (Å²) >= 11 is 0. The SMILES string of the molecule is NC1=CC(C(F)(F)F)=C(c2ccc(N)cc2C(F)(F)F)CC1. The average Bonchev–Trinajstić information content (AvgIpc) is 2.37. The second-order valence-electron chi connectivity index (χ2n) is 4.91. The molecule has 1 aliphatic carbocycles. The van der Waals surface area contributed by atoms with Gasteiger partial charge in [-0.05, 0) is 42.2 Å². The standard InChI is InChI=1S/C14H12F6N2/c15-13(16,17)11-5-7(21)1-3-9(11)10-4-2-8(22)6-12(10)14(18,19)20/h1,3,5-6H,2,4,21-22H2.